The molecule has 1 saturated carbocycles. The molecule has 1 fully saturated rings. The molecule has 0 saturated heterocycles. The molecular weight excluding hydrogens is 386 g/mol. The molecule has 1 atom stereocenters. The van der Waals surface area contributed by atoms with Crippen molar-refractivity contribution in [2.45, 2.75) is 78.4 Å². The van der Waals surface area contributed by atoms with E-state index in [9.17, 15) is 4.79 Å². The minimum Gasteiger partial charge on any atom is -0.381 e. The second-order valence-corrected chi connectivity index (χ2v) is 8.78. The van der Waals surface area contributed by atoms with Crippen LogP contribution in [0.1, 0.15) is 79.0 Å². The summed E-state index contributed by atoms with van der Waals surface area (Å²) >= 11 is 0. The van der Waals surface area contributed by atoms with Crippen molar-refractivity contribution in [3.63, 3.8) is 0 Å². The Kier molecular flexibility index (Phi) is 6.25. The molecule has 6 nitrogen and oxygen atoms in total. The first-order valence-corrected chi connectivity index (χ1v) is 11.5. The minimum atomic E-state index is -0.107. The Bertz CT molecular complexity index is 1080. The van der Waals surface area contributed by atoms with Crippen molar-refractivity contribution in [3.8, 4) is 0 Å². The van der Waals surface area contributed by atoms with E-state index in [0.29, 0.717) is 11.6 Å². The summed E-state index contributed by atoms with van der Waals surface area (Å²) in [5.74, 6) is -0.107. The van der Waals surface area contributed by atoms with Crippen LogP contribution in [-0.2, 0) is 6.54 Å². The number of nitrogens with one attached hydrogen (secondary N) is 2. The number of benzene rings is 1. The lowest BCUT2D eigenvalue weighted by Gasteiger charge is -2.26. The van der Waals surface area contributed by atoms with Gasteiger partial charge in [0.1, 0.15) is 0 Å². The van der Waals surface area contributed by atoms with E-state index < -0.39 is 0 Å². The number of aromatic nitrogens is 3. The van der Waals surface area contributed by atoms with Gasteiger partial charge in [-0.3, -0.25) is 4.79 Å². The molecule has 0 radical (unpaired) electrons. The zero-order valence-corrected chi connectivity index (χ0v) is 19.0. The normalized spacial score (nSPS) is 15.7. The van der Waals surface area contributed by atoms with Gasteiger partial charge in [0.15, 0.2) is 5.65 Å². The number of pyridine rings is 1. The minimum absolute atomic E-state index is 0.0929. The highest BCUT2D eigenvalue weighted by Crippen LogP contribution is 2.30. The first-order chi connectivity index (χ1) is 15.0. The molecule has 0 aliphatic heterocycles. The topological polar surface area (TPSA) is 71.8 Å². The summed E-state index contributed by atoms with van der Waals surface area (Å²) < 4.78 is 1.88. The molecule has 1 unspecified atom stereocenters. The SMILES string of the molecule is CCn1ncc2c(NC3CCCCC3)c(C(=O)NC(C)c3ccc(C)cc3C)cnc21. The molecule has 3 aromatic rings. The molecule has 1 aromatic carbocycles. The van der Waals surface area contributed by atoms with E-state index in [-0.39, 0.29) is 11.9 Å². The van der Waals surface area contributed by atoms with E-state index in [1.807, 2.05) is 17.8 Å². The second kappa shape index (κ2) is 9.08. The number of aryl methyl sites for hydroxylation is 3. The van der Waals surface area contributed by atoms with E-state index in [1.54, 1.807) is 6.20 Å². The van der Waals surface area contributed by atoms with Gasteiger partial charge >= 0.3 is 0 Å². The maximum Gasteiger partial charge on any atom is 0.255 e. The first kappa shape index (κ1) is 21.3. The van der Waals surface area contributed by atoms with E-state index in [4.69, 9.17) is 0 Å². The Morgan fingerprint density at radius 3 is 2.68 bits per heavy atom. The van der Waals surface area contributed by atoms with Crippen LogP contribution in [0.2, 0.25) is 0 Å². The quantitative estimate of drug-likeness (QED) is 0.568. The lowest BCUT2D eigenvalue weighted by atomic mass is 9.95. The Morgan fingerprint density at radius 1 is 1.19 bits per heavy atom. The Balaban J connectivity index is 1.66. The monoisotopic (exact) mass is 419 g/mol. The maximum absolute atomic E-state index is 13.4. The number of anilines is 1. The van der Waals surface area contributed by atoms with Crippen LogP contribution in [0.25, 0.3) is 11.0 Å². The molecule has 2 N–H and O–H groups in total. The zero-order chi connectivity index (χ0) is 22.0. The molecule has 1 amide bonds. The average Bonchev–Trinajstić information content (AvgIpc) is 3.18. The molecule has 6 heteroatoms. The molecule has 0 spiro atoms. The molecule has 0 bridgehead atoms. The number of nitrogens with zero attached hydrogens (tertiary/aromatic N) is 3. The van der Waals surface area contributed by atoms with Crippen LogP contribution in [0.15, 0.2) is 30.6 Å². The predicted molar refractivity (Wildman–Crippen MR) is 125 cm³/mol. The fourth-order valence-corrected chi connectivity index (χ4v) is 4.70. The van der Waals surface area contributed by atoms with Gasteiger partial charge in [-0.15, -0.1) is 0 Å². The summed E-state index contributed by atoms with van der Waals surface area (Å²) in [6.07, 6.45) is 9.54. The van der Waals surface area contributed by atoms with Gasteiger partial charge in [-0.25, -0.2) is 9.67 Å². The fraction of sp³-hybridized carbons (Fsp3) is 0.480. The van der Waals surface area contributed by atoms with Gasteiger partial charge in [0.25, 0.3) is 5.91 Å². The number of carbonyl (C=O) groups excluding carboxylic acids is 1. The van der Waals surface area contributed by atoms with Gasteiger partial charge in [0.2, 0.25) is 0 Å². The van der Waals surface area contributed by atoms with Gasteiger partial charge in [-0.1, -0.05) is 43.0 Å². The van der Waals surface area contributed by atoms with Gasteiger partial charge < -0.3 is 10.6 Å². The largest absolute Gasteiger partial charge is 0.381 e. The lowest BCUT2D eigenvalue weighted by molar-refractivity contribution is 0.0940. The summed E-state index contributed by atoms with van der Waals surface area (Å²) in [5.41, 5.74) is 5.81. The summed E-state index contributed by atoms with van der Waals surface area (Å²) in [4.78, 5) is 18.0. The molecule has 1 aliphatic rings. The highest BCUT2D eigenvalue weighted by atomic mass is 16.1. The van der Waals surface area contributed by atoms with Crippen molar-refractivity contribution in [2.24, 2.45) is 0 Å². The number of hydrogen-bond donors (Lipinski definition) is 2. The number of fused-ring (bicyclic) bond motifs is 1. The van der Waals surface area contributed by atoms with Crippen LogP contribution in [0.4, 0.5) is 5.69 Å². The van der Waals surface area contributed by atoms with Crippen LogP contribution in [-0.4, -0.2) is 26.7 Å². The number of carbonyl (C=O) groups is 1. The van der Waals surface area contributed by atoms with Gasteiger partial charge in [0.05, 0.1) is 28.9 Å². The number of rotatable bonds is 6. The molecule has 31 heavy (non-hydrogen) atoms. The van der Waals surface area contributed by atoms with Crippen molar-refractivity contribution in [2.75, 3.05) is 5.32 Å². The maximum atomic E-state index is 13.4. The molecular formula is C25H33N5O. The zero-order valence-electron chi connectivity index (χ0n) is 19.0. The van der Waals surface area contributed by atoms with Crippen molar-refractivity contribution in [1.29, 1.82) is 0 Å². The third-order valence-corrected chi connectivity index (χ3v) is 6.40. The van der Waals surface area contributed by atoms with E-state index in [0.717, 1.165) is 41.7 Å². The van der Waals surface area contributed by atoms with E-state index in [2.05, 4.69) is 59.7 Å². The smallest absolute Gasteiger partial charge is 0.255 e. The van der Waals surface area contributed by atoms with Gasteiger partial charge in [0, 0.05) is 18.8 Å². The Morgan fingerprint density at radius 2 is 1.97 bits per heavy atom. The first-order valence-electron chi connectivity index (χ1n) is 11.5. The Hall–Kier alpha value is -2.89. The lowest BCUT2D eigenvalue weighted by Crippen LogP contribution is -2.30. The van der Waals surface area contributed by atoms with Crippen LogP contribution in [0.3, 0.4) is 0 Å². The van der Waals surface area contributed by atoms with Gasteiger partial charge in [-0.05, 0) is 51.7 Å². The van der Waals surface area contributed by atoms with E-state index in [1.165, 1.54) is 30.4 Å². The molecule has 1 aliphatic carbocycles. The van der Waals surface area contributed by atoms with E-state index >= 15 is 0 Å². The summed E-state index contributed by atoms with van der Waals surface area (Å²) in [6, 6.07) is 6.63. The fourth-order valence-electron chi connectivity index (χ4n) is 4.70. The average molecular weight is 420 g/mol. The van der Waals surface area contributed by atoms with Crippen LogP contribution in [0, 0.1) is 13.8 Å². The highest BCUT2D eigenvalue weighted by molar-refractivity contribution is 6.06. The highest BCUT2D eigenvalue weighted by Gasteiger charge is 2.23. The van der Waals surface area contributed by atoms with Crippen molar-refractivity contribution < 1.29 is 4.79 Å². The third kappa shape index (κ3) is 4.43. The summed E-state index contributed by atoms with van der Waals surface area (Å²) in [6.45, 7) is 9.00. The molecule has 2 aromatic heterocycles. The second-order valence-electron chi connectivity index (χ2n) is 8.78. The third-order valence-electron chi connectivity index (χ3n) is 6.40. The Labute approximate surface area is 184 Å². The number of amides is 1. The van der Waals surface area contributed by atoms with Crippen molar-refractivity contribution in [1.82, 2.24) is 20.1 Å². The van der Waals surface area contributed by atoms with Crippen molar-refractivity contribution in [3.05, 3.63) is 52.8 Å². The summed E-state index contributed by atoms with van der Waals surface area (Å²) in [7, 11) is 0. The molecule has 4 rings (SSSR count). The standard InChI is InChI=1S/C25H33N5O/c1-5-30-24-21(15-27-30)23(29-19-9-7-6-8-10-19)22(14-26-24)25(31)28-18(4)20-12-11-16(2)13-17(20)3/h11-15,18-19H,5-10H2,1-4H3,(H,26,29)(H,28,31). The van der Waals surface area contributed by atoms with Gasteiger partial charge in [-0.2, -0.15) is 5.10 Å². The predicted octanol–water partition coefficient (Wildman–Crippen LogP) is 5.30. The van der Waals surface area contributed by atoms with Crippen LogP contribution < -0.4 is 10.6 Å². The molecule has 164 valence electrons. The molecule has 2 heterocycles. The van der Waals surface area contributed by atoms with Crippen molar-refractivity contribution >= 4 is 22.6 Å². The number of hydrogen-bond acceptors (Lipinski definition) is 4. The van der Waals surface area contributed by atoms with Crippen LogP contribution in [0.5, 0.6) is 0 Å². The van der Waals surface area contributed by atoms with Crippen LogP contribution >= 0.6 is 0 Å². The summed E-state index contributed by atoms with van der Waals surface area (Å²) in [5, 5.41) is 12.3.